The van der Waals surface area contributed by atoms with E-state index >= 15 is 0 Å². The molecule has 0 fully saturated rings. The summed E-state index contributed by atoms with van der Waals surface area (Å²) in [6.45, 7) is 0.164. The molecule has 0 bridgehead atoms. The lowest BCUT2D eigenvalue weighted by Crippen LogP contribution is -2.23. The van der Waals surface area contributed by atoms with Crippen LogP contribution in [-0.2, 0) is 12.7 Å². The standard InChI is InChI=1S/C15H13F3N2O2/c1-22-14-11(3-2-8-19-14)9-20-13(21)10-4-6-12(7-5-10)15(16,17)18/h2-8H,9H2,1H3,(H,20,21). The number of ether oxygens (including phenoxy) is 1. The summed E-state index contributed by atoms with van der Waals surface area (Å²) in [7, 11) is 1.46. The van der Waals surface area contributed by atoms with Crippen molar-refractivity contribution in [3.63, 3.8) is 0 Å². The number of nitrogens with zero attached hydrogens (tertiary/aromatic N) is 1. The Morgan fingerprint density at radius 2 is 1.91 bits per heavy atom. The molecule has 116 valence electrons. The third-order valence-corrected chi connectivity index (χ3v) is 2.96. The Morgan fingerprint density at radius 3 is 2.50 bits per heavy atom. The van der Waals surface area contributed by atoms with Gasteiger partial charge in [-0.1, -0.05) is 6.07 Å². The van der Waals surface area contributed by atoms with Gasteiger partial charge in [-0.25, -0.2) is 4.98 Å². The highest BCUT2D eigenvalue weighted by atomic mass is 19.4. The van der Waals surface area contributed by atoms with Gasteiger partial charge in [0.25, 0.3) is 5.91 Å². The number of pyridine rings is 1. The highest BCUT2D eigenvalue weighted by Crippen LogP contribution is 2.29. The number of amides is 1. The first kappa shape index (κ1) is 15.8. The van der Waals surface area contributed by atoms with E-state index < -0.39 is 17.6 Å². The number of alkyl halides is 3. The average molecular weight is 310 g/mol. The monoisotopic (exact) mass is 310 g/mol. The first-order valence-corrected chi connectivity index (χ1v) is 6.35. The predicted molar refractivity (Wildman–Crippen MR) is 73.4 cm³/mol. The van der Waals surface area contributed by atoms with E-state index in [0.717, 1.165) is 24.3 Å². The highest BCUT2D eigenvalue weighted by Gasteiger charge is 2.30. The van der Waals surface area contributed by atoms with E-state index in [-0.39, 0.29) is 12.1 Å². The number of methoxy groups -OCH3 is 1. The molecule has 7 heteroatoms. The molecule has 2 rings (SSSR count). The minimum atomic E-state index is -4.42. The van der Waals surface area contributed by atoms with Gasteiger partial charge in [-0.15, -0.1) is 0 Å². The Labute approximate surface area is 124 Å². The molecular weight excluding hydrogens is 297 g/mol. The lowest BCUT2D eigenvalue weighted by molar-refractivity contribution is -0.137. The molecule has 22 heavy (non-hydrogen) atoms. The number of carbonyl (C=O) groups is 1. The van der Waals surface area contributed by atoms with Crippen LogP contribution in [0.25, 0.3) is 0 Å². The summed E-state index contributed by atoms with van der Waals surface area (Å²) in [6.07, 6.45) is -2.86. The van der Waals surface area contributed by atoms with Gasteiger partial charge in [0.1, 0.15) is 0 Å². The van der Waals surface area contributed by atoms with Gasteiger partial charge < -0.3 is 10.1 Å². The molecule has 0 unspecified atom stereocenters. The molecule has 0 aliphatic rings. The Balaban J connectivity index is 2.03. The maximum Gasteiger partial charge on any atom is 0.416 e. The van der Waals surface area contributed by atoms with Crippen LogP contribution in [0.2, 0.25) is 0 Å². The molecule has 0 aliphatic carbocycles. The fourth-order valence-electron chi connectivity index (χ4n) is 1.83. The highest BCUT2D eigenvalue weighted by molar-refractivity contribution is 5.94. The lowest BCUT2D eigenvalue weighted by atomic mass is 10.1. The van der Waals surface area contributed by atoms with Gasteiger partial charge in [-0.3, -0.25) is 4.79 Å². The molecule has 0 aliphatic heterocycles. The normalized spacial score (nSPS) is 11.1. The van der Waals surface area contributed by atoms with Crippen LogP contribution in [0, 0.1) is 0 Å². The van der Waals surface area contributed by atoms with Crippen molar-refractivity contribution >= 4 is 5.91 Å². The van der Waals surface area contributed by atoms with Gasteiger partial charge in [0, 0.05) is 23.9 Å². The number of hydrogen-bond acceptors (Lipinski definition) is 3. The molecule has 0 spiro atoms. The Kier molecular flexibility index (Phi) is 4.65. The summed E-state index contributed by atoms with van der Waals surface area (Å²) in [5.41, 5.74) is 0.0269. The van der Waals surface area contributed by atoms with E-state index in [9.17, 15) is 18.0 Å². The van der Waals surface area contributed by atoms with Gasteiger partial charge in [0.05, 0.1) is 12.7 Å². The Bertz CT molecular complexity index is 655. The summed E-state index contributed by atoms with van der Waals surface area (Å²) in [5.74, 6) is -0.0881. The van der Waals surface area contributed by atoms with E-state index in [0.29, 0.717) is 11.4 Å². The minimum Gasteiger partial charge on any atom is -0.481 e. The summed E-state index contributed by atoms with van der Waals surface area (Å²) in [5, 5.41) is 2.61. The minimum absolute atomic E-state index is 0.149. The van der Waals surface area contributed by atoms with Gasteiger partial charge in [-0.2, -0.15) is 13.2 Å². The molecule has 0 radical (unpaired) electrons. The second-order valence-corrected chi connectivity index (χ2v) is 4.43. The molecule has 1 heterocycles. The van der Waals surface area contributed by atoms with Crippen molar-refractivity contribution in [1.29, 1.82) is 0 Å². The zero-order valence-electron chi connectivity index (χ0n) is 11.6. The van der Waals surface area contributed by atoms with Crippen LogP contribution < -0.4 is 10.1 Å². The Morgan fingerprint density at radius 1 is 1.23 bits per heavy atom. The fourth-order valence-corrected chi connectivity index (χ4v) is 1.83. The van der Waals surface area contributed by atoms with Crippen LogP contribution in [0.4, 0.5) is 13.2 Å². The second kappa shape index (κ2) is 6.46. The van der Waals surface area contributed by atoms with Gasteiger partial charge in [0.2, 0.25) is 5.88 Å². The van der Waals surface area contributed by atoms with Crippen LogP contribution >= 0.6 is 0 Å². The van der Waals surface area contributed by atoms with E-state index in [4.69, 9.17) is 4.74 Å². The third-order valence-electron chi connectivity index (χ3n) is 2.96. The number of halogens is 3. The van der Waals surface area contributed by atoms with Gasteiger partial charge in [0.15, 0.2) is 0 Å². The zero-order chi connectivity index (χ0) is 16.2. The molecule has 0 atom stereocenters. The fraction of sp³-hybridized carbons (Fsp3) is 0.200. The zero-order valence-corrected chi connectivity index (χ0v) is 11.6. The van der Waals surface area contributed by atoms with Crippen LogP contribution in [0.5, 0.6) is 5.88 Å². The maximum atomic E-state index is 12.5. The van der Waals surface area contributed by atoms with Crippen LogP contribution in [0.15, 0.2) is 42.6 Å². The van der Waals surface area contributed by atoms with Crippen LogP contribution in [0.3, 0.4) is 0 Å². The smallest absolute Gasteiger partial charge is 0.416 e. The van der Waals surface area contributed by atoms with Crippen LogP contribution in [0.1, 0.15) is 21.5 Å². The molecular formula is C15H13F3N2O2. The molecule has 0 saturated carbocycles. The number of rotatable bonds is 4. The number of hydrogen-bond donors (Lipinski definition) is 1. The van der Waals surface area contributed by atoms with Crippen LogP contribution in [-0.4, -0.2) is 18.0 Å². The first-order valence-electron chi connectivity index (χ1n) is 6.35. The summed E-state index contributed by atoms with van der Waals surface area (Å²) >= 11 is 0. The van der Waals surface area contributed by atoms with Crippen molar-refractivity contribution in [1.82, 2.24) is 10.3 Å². The maximum absolute atomic E-state index is 12.5. The SMILES string of the molecule is COc1ncccc1CNC(=O)c1ccc(C(F)(F)F)cc1. The largest absolute Gasteiger partial charge is 0.481 e. The topological polar surface area (TPSA) is 51.2 Å². The first-order chi connectivity index (χ1) is 10.4. The van der Waals surface area contributed by atoms with Crippen molar-refractivity contribution in [3.8, 4) is 5.88 Å². The molecule has 0 saturated heterocycles. The summed E-state index contributed by atoms with van der Waals surface area (Å²) in [6, 6.07) is 7.46. The average Bonchev–Trinajstić information content (AvgIpc) is 2.52. The van der Waals surface area contributed by atoms with E-state index in [2.05, 4.69) is 10.3 Å². The Hall–Kier alpha value is -2.57. The molecule has 2 aromatic rings. The summed E-state index contributed by atoms with van der Waals surface area (Å²) in [4.78, 5) is 15.9. The quantitative estimate of drug-likeness (QED) is 0.944. The van der Waals surface area contributed by atoms with Crippen molar-refractivity contribution < 1.29 is 22.7 Å². The molecule has 4 nitrogen and oxygen atoms in total. The van der Waals surface area contributed by atoms with E-state index in [1.54, 1.807) is 18.3 Å². The second-order valence-electron chi connectivity index (χ2n) is 4.43. The van der Waals surface area contributed by atoms with Crippen molar-refractivity contribution in [2.75, 3.05) is 7.11 Å². The van der Waals surface area contributed by atoms with Crippen molar-refractivity contribution in [3.05, 3.63) is 59.3 Å². The van der Waals surface area contributed by atoms with Gasteiger partial charge >= 0.3 is 6.18 Å². The number of aromatic nitrogens is 1. The summed E-state index contributed by atoms with van der Waals surface area (Å²) < 4.78 is 42.4. The molecule has 1 aromatic carbocycles. The molecule has 1 amide bonds. The number of carbonyl (C=O) groups excluding carboxylic acids is 1. The molecule has 1 aromatic heterocycles. The lowest BCUT2D eigenvalue weighted by Gasteiger charge is -2.10. The number of benzene rings is 1. The predicted octanol–water partition coefficient (Wildman–Crippen LogP) is 3.04. The van der Waals surface area contributed by atoms with E-state index in [1.165, 1.54) is 7.11 Å². The number of nitrogens with one attached hydrogen (secondary N) is 1. The van der Waals surface area contributed by atoms with Crippen molar-refractivity contribution in [2.24, 2.45) is 0 Å². The van der Waals surface area contributed by atoms with Crippen molar-refractivity contribution in [2.45, 2.75) is 12.7 Å². The van der Waals surface area contributed by atoms with Gasteiger partial charge in [-0.05, 0) is 30.3 Å². The molecule has 1 N–H and O–H groups in total. The third kappa shape index (κ3) is 3.75. The van der Waals surface area contributed by atoms with E-state index in [1.807, 2.05) is 0 Å².